The van der Waals surface area contributed by atoms with Gasteiger partial charge < -0.3 is 5.32 Å². The van der Waals surface area contributed by atoms with Crippen LogP contribution in [0.25, 0.3) is 0 Å². The van der Waals surface area contributed by atoms with Crippen LogP contribution in [0.4, 0.5) is 5.69 Å². The van der Waals surface area contributed by atoms with Crippen LogP contribution in [-0.4, -0.2) is 23.2 Å². The van der Waals surface area contributed by atoms with E-state index in [0.717, 1.165) is 16.8 Å². The molecule has 102 valence electrons. The monoisotopic (exact) mass is 268 g/mol. The Bertz CT molecular complexity index is 598. The maximum absolute atomic E-state index is 12.0. The molecule has 0 aliphatic carbocycles. The predicted octanol–water partition coefficient (Wildman–Crippen LogP) is 2.53. The molecular weight excluding hydrogens is 250 g/mol. The van der Waals surface area contributed by atoms with Gasteiger partial charge in [0, 0.05) is 5.69 Å². The molecule has 0 aliphatic heterocycles. The zero-order valence-corrected chi connectivity index (χ0v) is 11.8. The molecule has 1 rings (SSSR count). The Morgan fingerprint density at radius 1 is 1.40 bits per heavy atom. The number of hydrogen-bond donors (Lipinski definition) is 1. The van der Waals surface area contributed by atoms with Crippen molar-refractivity contribution in [1.29, 1.82) is 5.26 Å². The number of nitriles is 1. The lowest BCUT2D eigenvalue weighted by molar-refractivity contribution is -0.437. The summed E-state index contributed by atoms with van der Waals surface area (Å²) in [6, 6.07) is 5.60. The number of nitrogens with one attached hydrogen (secondary N) is 1. The van der Waals surface area contributed by atoms with Gasteiger partial charge in [-0.1, -0.05) is 6.58 Å². The van der Waals surface area contributed by atoms with Crippen molar-refractivity contribution in [2.45, 2.75) is 13.8 Å². The summed E-state index contributed by atoms with van der Waals surface area (Å²) >= 11 is 0. The predicted molar refractivity (Wildman–Crippen MR) is 80.8 cm³/mol. The molecule has 0 aromatic heterocycles. The Morgan fingerprint density at radius 3 is 2.45 bits per heavy atom. The minimum atomic E-state index is -0.154. The third-order valence-electron chi connectivity index (χ3n) is 2.78. The average molecular weight is 268 g/mol. The van der Waals surface area contributed by atoms with Crippen LogP contribution >= 0.6 is 0 Å². The van der Waals surface area contributed by atoms with Gasteiger partial charge in [-0.3, -0.25) is 4.79 Å². The Labute approximate surface area is 119 Å². The largest absolute Gasteiger partial charge is 0.320 e. The Kier molecular flexibility index (Phi) is 5.42. The molecule has 1 N–H and O–H groups in total. The van der Waals surface area contributed by atoms with Crippen LogP contribution in [0.1, 0.15) is 16.7 Å². The first kappa shape index (κ1) is 15.4. The maximum Gasteiger partial charge on any atom is 0.290 e. The summed E-state index contributed by atoms with van der Waals surface area (Å²) in [5.74, 6) is -0.154. The second-order valence-corrected chi connectivity index (χ2v) is 4.38. The highest BCUT2D eigenvalue weighted by Gasteiger charge is 2.12. The molecule has 0 saturated heterocycles. The third-order valence-corrected chi connectivity index (χ3v) is 2.78. The number of allylic oxidation sites excluding steroid dienone is 1. The fraction of sp³-hybridized carbons (Fsp3) is 0.188. The normalized spacial score (nSPS) is 10.6. The van der Waals surface area contributed by atoms with Crippen molar-refractivity contribution in [1.82, 2.24) is 0 Å². The lowest BCUT2D eigenvalue weighted by Crippen LogP contribution is -2.24. The van der Waals surface area contributed by atoms with E-state index in [1.165, 1.54) is 0 Å². The topological polar surface area (TPSA) is 55.9 Å². The van der Waals surface area contributed by atoms with E-state index in [2.05, 4.69) is 24.5 Å². The summed E-state index contributed by atoms with van der Waals surface area (Å²) in [5, 5.41) is 11.8. The maximum atomic E-state index is 12.0. The number of benzene rings is 1. The number of hydrogen-bond acceptors (Lipinski definition) is 2. The van der Waals surface area contributed by atoms with E-state index >= 15 is 0 Å². The van der Waals surface area contributed by atoms with Crippen molar-refractivity contribution in [2.75, 3.05) is 11.9 Å². The number of carbonyl (C=O) groups is 1. The first-order valence-electron chi connectivity index (χ1n) is 6.17. The fourth-order valence-corrected chi connectivity index (χ4v) is 1.88. The van der Waals surface area contributed by atoms with Gasteiger partial charge in [-0.25, -0.2) is 0 Å². The highest BCUT2D eigenvalue weighted by atomic mass is 16.1. The molecule has 0 unspecified atom stereocenters. The molecule has 4 nitrogen and oxygen atoms in total. The van der Waals surface area contributed by atoms with Crippen LogP contribution in [0.3, 0.4) is 0 Å². The first-order chi connectivity index (χ1) is 9.51. The average Bonchev–Trinajstić information content (AvgIpc) is 2.42. The van der Waals surface area contributed by atoms with Gasteiger partial charge in [-0.2, -0.15) is 9.84 Å². The minimum Gasteiger partial charge on any atom is -0.320 e. The summed E-state index contributed by atoms with van der Waals surface area (Å²) < 4.78 is 1.64. The molecule has 0 fully saturated rings. The first-order valence-corrected chi connectivity index (χ1v) is 6.17. The molecule has 0 heterocycles. The molecule has 1 aromatic rings. The van der Waals surface area contributed by atoms with Crippen LogP contribution in [0.5, 0.6) is 0 Å². The molecule has 0 saturated carbocycles. The molecule has 4 heteroatoms. The van der Waals surface area contributed by atoms with Crippen LogP contribution in [0.2, 0.25) is 0 Å². The Balaban J connectivity index is 2.92. The second-order valence-electron chi connectivity index (χ2n) is 4.38. The summed E-state index contributed by atoms with van der Waals surface area (Å²) in [5.41, 5.74) is 3.07. The smallest absolute Gasteiger partial charge is 0.290 e. The quantitative estimate of drug-likeness (QED) is 0.659. The number of rotatable bonds is 5. The summed E-state index contributed by atoms with van der Waals surface area (Å²) in [6.45, 7) is 11.1. The van der Waals surface area contributed by atoms with Gasteiger partial charge in [0.25, 0.3) is 5.91 Å². The molecule has 1 amide bonds. The molecule has 20 heavy (non-hydrogen) atoms. The molecule has 1 aromatic carbocycles. The zero-order chi connectivity index (χ0) is 15.1. The van der Waals surface area contributed by atoms with Gasteiger partial charge in [-0.05, 0) is 49.8 Å². The number of amides is 1. The van der Waals surface area contributed by atoms with Crippen molar-refractivity contribution in [2.24, 2.45) is 0 Å². The van der Waals surface area contributed by atoms with Crippen LogP contribution in [0, 0.1) is 25.2 Å². The van der Waals surface area contributed by atoms with Crippen molar-refractivity contribution >= 4 is 17.8 Å². The van der Waals surface area contributed by atoms with E-state index in [9.17, 15) is 4.79 Å². The van der Waals surface area contributed by atoms with Crippen LogP contribution in [-0.2, 0) is 4.79 Å². The van der Waals surface area contributed by atoms with Crippen molar-refractivity contribution in [3.63, 3.8) is 0 Å². The molecule has 0 aliphatic rings. The number of anilines is 1. The van der Waals surface area contributed by atoms with Crippen molar-refractivity contribution < 1.29 is 9.37 Å². The summed E-state index contributed by atoms with van der Waals surface area (Å²) in [7, 11) is 0. The minimum absolute atomic E-state index is 0.154. The molecule has 0 atom stereocenters. The van der Waals surface area contributed by atoms with E-state index in [1.807, 2.05) is 13.8 Å². The number of aryl methyl sites for hydroxylation is 2. The molecule has 0 radical (unpaired) electrons. The SMILES string of the molecule is C=CC=[N+](C=C)CC(=O)Nc1c(C)cc(C#N)cc1C. The van der Waals surface area contributed by atoms with E-state index in [0.29, 0.717) is 5.56 Å². The lowest BCUT2D eigenvalue weighted by Gasteiger charge is -2.11. The number of nitrogens with zero attached hydrogens (tertiary/aromatic N) is 2. The fourth-order valence-electron chi connectivity index (χ4n) is 1.88. The third kappa shape index (κ3) is 3.92. The van der Waals surface area contributed by atoms with Gasteiger partial charge in [0.1, 0.15) is 0 Å². The standard InChI is InChI=1S/C16H17N3O/c1-5-7-19(6-2)11-15(20)18-16-12(3)8-14(10-17)9-13(16)4/h5-9H,1-2,11H2,3-4H3/p+1. The van der Waals surface area contributed by atoms with E-state index in [-0.39, 0.29) is 12.5 Å². The number of carbonyl (C=O) groups excluding carboxylic acids is 1. The highest BCUT2D eigenvalue weighted by molar-refractivity contribution is 5.93. The van der Waals surface area contributed by atoms with Gasteiger partial charge in [0.15, 0.2) is 12.4 Å². The molecule has 0 bridgehead atoms. The Hall–Kier alpha value is -2.67. The van der Waals surface area contributed by atoms with E-state index in [1.54, 1.807) is 35.2 Å². The lowest BCUT2D eigenvalue weighted by atomic mass is 10.0. The van der Waals surface area contributed by atoms with Gasteiger partial charge in [-0.15, -0.1) is 0 Å². The Morgan fingerprint density at radius 2 is 2.00 bits per heavy atom. The summed E-state index contributed by atoms with van der Waals surface area (Å²) in [4.78, 5) is 12.0. The van der Waals surface area contributed by atoms with Gasteiger partial charge >= 0.3 is 0 Å². The van der Waals surface area contributed by atoms with Gasteiger partial charge in [0.05, 0.1) is 11.6 Å². The second kappa shape index (κ2) is 7.05. The molecule has 0 spiro atoms. The van der Waals surface area contributed by atoms with Crippen molar-refractivity contribution in [3.05, 3.63) is 54.3 Å². The summed E-state index contributed by atoms with van der Waals surface area (Å²) in [6.07, 6.45) is 4.82. The van der Waals surface area contributed by atoms with E-state index < -0.39 is 0 Å². The van der Waals surface area contributed by atoms with Gasteiger partial charge in [0.2, 0.25) is 6.54 Å². The zero-order valence-electron chi connectivity index (χ0n) is 11.8. The molecular formula is C16H18N3O+. The van der Waals surface area contributed by atoms with Crippen LogP contribution < -0.4 is 5.32 Å². The van der Waals surface area contributed by atoms with Crippen molar-refractivity contribution in [3.8, 4) is 6.07 Å². The van der Waals surface area contributed by atoms with E-state index in [4.69, 9.17) is 5.26 Å². The highest BCUT2D eigenvalue weighted by Crippen LogP contribution is 2.21. The van der Waals surface area contributed by atoms with Crippen LogP contribution in [0.15, 0.2) is 37.6 Å².